The number of hydrogen-bond acceptors (Lipinski definition) is 3. The van der Waals surface area contributed by atoms with Gasteiger partial charge in [-0.15, -0.1) is 0 Å². The van der Waals surface area contributed by atoms with E-state index in [4.69, 9.17) is 16.0 Å². The van der Waals surface area contributed by atoms with Gasteiger partial charge in [0.05, 0.1) is 12.7 Å². The smallest absolute Gasteiger partial charge is 0.208 e. The second kappa shape index (κ2) is 5.98. The Morgan fingerprint density at radius 1 is 1.39 bits per heavy atom. The number of rotatable bonds is 5. The van der Waals surface area contributed by atoms with Gasteiger partial charge in [0.15, 0.2) is 0 Å². The molecular weight excluding hydrogens is 255 g/mol. The van der Waals surface area contributed by atoms with Crippen LogP contribution in [0.2, 0.25) is 5.02 Å². The quantitative estimate of drug-likeness (QED) is 0.904. The minimum Gasteiger partial charge on any atom is -0.444 e. The second-order valence-electron chi connectivity index (χ2n) is 3.91. The van der Waals surface area contributed by atoms with Gasteiger partial charge in [-0.2, -0.15) is 0 Å². The summed E-state index contributed by atoms with van der Waals surface area (Å²) in [6, 6.07) is 4.64. The number of halogens is 2. The minimum atomic E-state index is -0.309. The fourth-order valence-electron chi connectivity index (χ4n) is 1.56. The summed E-state index contributed by atoms with van der Waals surface area (Å²) < 4.78 is 18.9. The maximum absolute atomic E-state index is 13.5. The zero-order chi connectivity index (χ0) is 13.0. The Hall–Kier alpha value is -1.39. The standard InChI is InChI=1S/C13H14ClFN2O/c1-2-11-7-17-13(18-11)8-16-6-9-3-4-10(14)5-12(9)15/h3-5,7,16H,2,6,8H2,1H3. The van der Waals surface area contributed by atoms with Crippen LogP contribution in [0.1, 0.15) is 24.1 Å². The molecule has 18 heavy (non-hydrogen) atoms. The second-order valence-corrected chi connectivity index (χ2v) is 4.35. The fraction of sp³-hybridized carbons (Fsp3) is 0.308. The molecule has 0 bridgehead atoms. The van der Waals surface area contributed by atoms with Gasteiger partial charge in [0.1, 0.15) is 11.6 Å². The third-order valence-corrected chi connectivity index (χ3v) is 2.79. The fourth-order valence-corrected chi connectivity index (χ4v) is 1.72. The summed E-state index contributed by atoms with van der Waals surface area (Å²) in [7, 11) is 0. The van der Waals surface area contributed by atoms with Crippen molar-refractivity contribution < 1.29 is 8.81 Å². The minimum absolute atomic E-state index is 0.309. The molecule has 0 spiro atoms. The summed E-state index contributed by atoms with van der Waals surface area (Å²) in [4.78, 5) is 4.11. The number of nitrogens with zero attached hydrogens (tertiary/aromatic N) is 1. The summed E-state index contributed by atoms with van der Waals surface area (Å²) >= 11 is 5.68. The summed E-state index contributed by atoms with van der Waals surface area (Å²) in [6.45, 7) is 2.88. The van der Waals surface area contributed by atoms with Crippen molar-refractivity contribution in [3.8, 4) is 0 Å². The first kappa shape index (κ1) is 13.1. The molecule has 0 saturated heterocycles. The van der Waals surface area contributed by atoms with Crippen LogP contribution in [0.5, 0.6) is 0 Å². The Morgan fingerprint density at radius 3 is 2.89 bits per heavy atom. The molecule has 1 heterocycles. The van der Waals surface area contributed by atoms with Crippen LogP contribution in [0, 0.1) is 5.82 Å². The third-order valence-electron chi connectivity index (χ3n) is 2.56. The van der Waals surface area contributed by atoms with E-state index in [0.717, 1.165) is 12.2 Å². The van der Waals surface area contributed by atoms with Gasteiger partial charge >= 0.3 is 0 Å². The van der Waals surface area contributed by atoms with Crippen molar-refractivity contribution in [2.75, 3.05) is 0 Å². The van der Waals surface area contributed by atoms with E-state index in [1.807, 2.05) is 6.92 Å². The Bertz CT molecular complexity index is 527. The van der Waals surface area contributed by atoms with Crippen molar-refractivity contribution >= 4 is 11.6 Å². The van der Waals surface area contributed by atoms with E-state index in [2.05, 4.69) is 10.3 Å². The molecule has 1 N–H and O–H groups in total. The average molecular weight is 269 g/mol. The van der Waals surface area contributed by atoms with Gasteiger partial charge in [-0.1, -0.05) is 24.6 Å². The molecule has 1 aromatic carbocycles. The number of hydrogen-bond donors (Lipinski definition) is 1. The predicted octanol–water partition coefficient (Wildman–Crippen LogP) is 3.32. The Balaban J connectivity index is 1.88. The number of aromatic nitrogens is 1. The van der Waals surface area contributed by atoms with Crippen LogP contribution < -0.4 is 5.32 Å². The molecular formula is C13H14ClFN2O. The Labute approximate surface area is 110 Å². The number of oxazole rings is 1. The molecule has 0 atom stereocenters. The van der Waals surface area contributed by atoms with Gasteiger partial charge in [0, 0.05) is 23.6 Å². The van der Waals surface area contributed by atoms with E-state index >= 15 is 0 Å². The Morgan fingerprint density at radius 2 is 2.22 bits per heavy atom. The van der Waals surface area contributed by atoms with E-state index < -0.39 is 0 Å². The lowest BCUT2D eigenvalue weighted by Crippen LogP contribution is -2.13. The first-order chi connectivity index (χ1) is 8.69. The first-order valence-electron chi connectivity index (χ1n) is 5.77. The number of nitrogens with one attached hydrogen (secondary N) is 1. The molecule has 96 valence electrons. The molecule has 5 heteroatoms. The molecule has 0 unspecified atom stereocenters. The summed E-state index contributed by atoms with van der Waals surface area (Å²) in [5.74, 6) is 1.15. The monoisotopic (exact) mass is 268 g/mol. The van der Waals surface area contributed by atoms with Crippen LogP contribution in [0.4, 0.5) is 4.39 Å². The van der Waals surface area contributed by atoms with Gasteiger partial charge < -0.3 is 9.73 Å². The molecule has 0 radical (unpaired) electrons. The first-order valence-corrected chi connectivity index (χ1v) is 6.15. The summed E-state index contributed by atoms with van der Waals surface area (Å²) in [5.41, 5.74) is 0.571. The summed E-state index contributed by atoms with van der Waals surface area (Å²) in [5, 5.41) is 3.48. The van der Waals surface area contributed by atoms with Crippen LogP contribution in [0.25, 0.3) is 0 Å². The molecule has 0 aliphatic rings. The highest BCUT2D eigenvalue weighted by atomic mass is 35.5. The van der Waals surface area contributed by atoms with E-state index in [1.54, 1.807) is 18.3 Å². The highest BCUT2D eigenvalue weighted by molar-refractivity contribution is 6.30. The lowest BCUT2D eigenvalue weighted by Gasteiger charge is -2.04. The number of aryl methyl sites for hydroxylation is 1. The van der Waals surface area contributed by atoms with Crippen LogP contribution in [-0.2, 0) is 19.5 Å². The van der Waals surface area contributed by atoms with Crippen LogP contribution in [0.3, 0.4) is 0 Å². The SMILES string of the molecule is CCc1cnc(CNCc2ccc(Cl)cc2F)o1. The lowest BCUT2D eigenvalue weighted by atomic mass is 10.2. The van der Waals surface area contributed by atoms with Gasteiger partial charge in [-0.05, 0) is 12.1 Å². The van der Waals surface area contributed by atoms with Crippen molar-refractivity contribution in [2.24, 2.45) is 0 Å². The molecule has 0 amide bonds. The van der Waals surface area contributed by atoms with Crippen molar-refractivity contribution in [1.29, 1.82) is 0 Å². The topological polar surface area (TPSA) is 38.1 Å². The molecule has 0 saturated carbocycles. The maximum Gasteiger partial charge on any atom is 0.208 e. The molecule has 2 aromatic rings. The van der Waals surface area contributed by atoms with E-state index in [0.29, 0.717) is 29.6 Å². The zero-order valence-corrected chi connectivity index (χ0v) is 10.8. The third kappa shape index (κ3) is 3.31. The largest absolute Gasteiger partial charge is 0.444 e. The van der Waals surface area contributed by atoms with Crippen LogP contribution >= 0.6 is 11.6 Å². The molecule has 0 aliphatic heterocycles. The van der Waals surface area contributed by atoms with Crippen LogP contribution in [-0.4, -0.2) is 4.98 Å². The molecule has 0 fully saturated rings. The normalized spacial score (nSPS) is 10.8. The highest BCUT2D eigenvalue weighted by Crippen LogP contribution is 2.14. The van der Waals surface area contributed by atoms with Gasteiger partial charge in [-0.3, -0.25) is 0 Å². The Kier molecular flexibility index (Phi) is 4.33. The molecule has 0 aliphatic carbocycles. The molecule has 3 nitrogen and oxygen atoms in total. The van der Waals surface area contributed by atoms with Gasteiger partial charge in [-0.25, -0.2) is 9.37 Å². The average Bonchev–Trinajstić information content (AvgIpc) is 2.80. The van der Waals surface area contributed by atoms with Gasteiger partial charge in [0.25, 0.3) is 0 Å². The van der Waals surface area contributed by atoms with E-state index in [1.165, 1.54) is 6.07 Å². The van der Waals surface area contributed by atoms with E-state index in [9.17, 15) is 4.39 Å². The van der Waals surface area contributed by atoms with Crippen molar-refractivity contribution in [2.45, 2.75) is 26.4 Å². The molecule has 1 aromatic heterocycles. The van der Waals surface area contributed by atoms with Crippen LogP contribution in [0.15, 0.2) is 28.8 Å². The molecule has 2 rings (SSSR count). The maximum atomic E-state index is 13.5. The van der Waals surface area contributed by atoms with Crippen molar-refractivity contribution in [1.82, 2.24) is 10.3 Å². The lowest BCUT2D eigenvalue weighted by molar-refractivity contribution is 0.437. The highest BCUT2D eigenvalue weighted by Gasteiger charge is 2.05. The predicted molar refractivity (Wildman–Crippen MR) is 67.8 cm³/mol. The number of benzene rings is 1. The van der Waals surface area contributed by atoms with Crippen molar-refractivity contribution in [3.05, 3.63) is 52.5 Å². The van der Waals surface area contributed by atoms with E-state index in [-0.39, 0.29) is 5.82 Å². The van der Waals surface area contributed by atoms with Crippen molar-refractivity contribution in [3.63, 3.8) is 0 Å². The zero-order valence-electron chi connectivity index (χ0n) is 10.0. The summed E-state index contributed by atoms with van der Waals surface area (Å²) in [6.07, 6.45) is 2.53. The van der Waals surface area contributed by atoms with Gasteiger partial charge in [0.2, 0.25) is 5.89 Å².